The number of fused-ring (bicyclic) bond motifs is 2. The van der Waals surface area contributed by atoms with Crippen molar-refractivity contribution in [3.05, 3.63) is 42.0 Å². The summed E-state index contributed by atoms with van der Waals surface area (Å²) < 4.78 is 69.3. The summed E-state index contributed by atoms with van der Waals surface area (Å²) in [7, 11) is 0. The van der Waals surface area contributed by atoms with Gasteiger partial charge in [0.05, 0.1) is 24.3 Å². The van der Waals surface area contributed by atoms with Crippen LogP contribution in [0, 0.1) is 0 Å². The number of aromatic nitrogens is 5. The van der Waals surface area contributed by atoms with Gasteiger partial charge in [-0.3, -0.25) is 4.98 Å². The molecule has 1 atom stereocenters. The standard InChI is InChI=1S/C23H20F5N7/c24-22(25)10-29-5-4-16(22)33-21-18-14(11-1-2-11)8-30-9-15(18)32-20(35-21)12-3-6-31-19-13(12)7-17(34-19)23(26,27)28/h3,6-9,11,16,29H,1-2,4-5,10H2,(H,31,34)(H,32,33,35). The molecule has 4 aromatic heterocycles. The van der Waals surface area contributed by atoms with Gasteiger partial charge in [-0.25, -0.2) is 23.7 Å². The van der Waals surface area contributed by atoms with Gasteiger partial charge in [0.1, 0.15) is 17.2 Å². The van der Waals surface area contributed by atoms with Gasteiger partial charge in [0.15, 0.2) is 5.82 Å². The van der Waals surface area contributed by atoms with E-state index in [1.54, 1.807) is 6.20 Å². The Labute approximate surface area is 195 Å². The number of nitrogens with one attached hydrogen (secondary N) is 3. The second kappa shape index (κ2) is 7.80. The number of H-pyrrole nitrogens is 1. The number of aromatic amines is 1. The van der Waals surface area contributed by atoms with E-state index in [2.05, 4.69) is 35.6 Å². The third-order valence-electron chi connectivity index (χ3n) is 6.52. The van der Waals surface area contributed by atoms with Crippen LogP contribution >= 0.6 is 0 Å². The Morgan fingerprint density at radius 3 is 2.66 bits per heavy atom. The molecule has 35 heavy (non-hydrogen) atoms. The molecule has 1 unspecified atom stereocenters. The molecule has 1 aliphatic heterocycles. The van der Waals surface area contributed by atoms with Crippen LogP contribution in [0.25, 0.3) is 33.3 Å². The maximum Gasteiger partial charge on any atom is 0.431 e. The number of rotatable bonds is 4. The van der Waals surface area contributed by atoms with E-state index in [0.717, 1.165) is 24.5 Å². The second-order valence-corrected chi connectivity index (χ2v) is 9.02. The molecule has 6 rings (SSSR count). The highest BCUT2D eigenvalue weighted by Crippen LogP contribution is 2.45. The lowest BCUT2D eigenvalue weighted by Gasteiger charge is -2.33. The van der Waals surface area contributed by atoms with Crippen molar-refractivity contribution in [3.63, 3.8) is 0 Å². The van der Waals surface area contributed by atoms with Crippen molar-refractivity contribution in [3.8, 4) is 11.4 Å². The molecule has 1 saturated carbocycles. The number of halogens is 5. The molecule has 0 amide bonds. The summed E-state index contributed by atoms with van der Waals surface area (Å²) in [5.41, 5.74) is 0.715. The van der Waals surface area contributed by atoms with Crippen LogP contribution in [0.3, 0.4) is 0 Å². The Hall–Kier alpha value is -3.41. The summed E-state index contributed by atoms with van der Waals surface area (Å²) in [6.07, 6.45) is 2.10. The van der Waals surface area contributed by atoms with E-state index in [1.165, 1.54) is 18.5 Å². The fourth-order valence-corrected chi connectivity index (χ4v) is 4.59. The highest BCUT2D eigenvalue weighted by Gasteiger charge is 2.42. The number of nitrogens with zero attached hydrogens (tertiary/aromatic N) is 4. The van der Waals surface area contributed by atoms with Gasteiger partial charge in [-0.15, -0.1) is 0 Å². The minimum absolute atomic E-state index is 0.0303. The maximum absolute atomic E-state index is 14.7. The van der Waals surface area contributed by atoms with Gasteiger partial charge in [-0.05, 0) is 49.4 Å². The molecule has 12 heteroatoms. The Balaban J connectivity index is 1.54. The molecule has 4 aromatic rings. The van der Waals surface area contributed by atoms with Crippen LogP contribution in [0.4, 0.5) is 27.8 Å². The molecular weight excluding hydrogens is 469 g/mol. The lowest BCUT2D eigenvalue weighted by Crippen LogP contribution is -2.53. The van der Waals surface area contributed by atoms with Crippen molar-refractivity contribution >= 4 is 27.8 Å². The van der Waals surface area contributed by atoms with Gasteiger partial charge in [-0.2, -0.15) is 13.2 Å². The van der Waals surface area contributed by atoms with E-state index in [1.807, 2.05) is 0 Å². The molecule has 2 aliphatic rings. The SMILES string of the molecule is FC(F)(F)c1cc2c(-c3nc(NC4CCNCC4(F)F)c4c(C5CC5)cncc4n3)ccnc2[nH]1. The van der Waals surface area contributed by atoms with Crippen molar-refractivity contribution < 1.29 is 22.0 Å². The van der Waals surface area contributed by atoms with Gasteiger partial charge < -0.3 is 15.6 Å². The van der Waals surface area contributed by atoms with Crippen LogP contribution in [0.2, 0.25) is 0 Å². The first-order chi connectivity index (χ1) is 16.7. The van der Waals surface area contributed by atoms with Crippen LogP contribution in [0.1, 0.15) is 36.4 Å². The normalized spacial score (nSPS) is 20.4. The molecule has 2 fully saturated rings. The molecule has 7 nitrogen and oxygen atoms in total. The third-order valence-corrected chi connectivity index (χ3v) is 6.52. The van der Waals surface area contributed by atoms with Gasteiger partial charge >= 0.3 is 6.18 Å². The monoisotopic (exact) mass is 489 g/mol. The van der Waals surface area contributed by atoms with Gasteiger partial charge in [0.2, 0.25) is 0 Å². The minimum Gasteiger partial charge on any atom is -0.361 e. The predicted octanol–water partition coefficient (Wildman–Crippen LogP) is 4.87. The topological polar surface area (TPSA) is 91.4 Å². The molecule has 0 spiro atoms. The zero-order valence-corrected chi connectivity index (χ0v) is 18.3. The average molecular weight is 489 g/mol. The van der Waals surface area contributed by atoms with E-state index >= 15 is 0 Å². The number of piperidine rings is 1. The Bertz CT molecular complexity index is 1430. The van der Waals surface area contributed by atoms with E-state index in [4.69, 9.17) is 0 Å². The zero-order chi connectivity index (χ0) is 24.4. The first-order valence-electron chi connectivity index (χ1n) is 11.3. The van der Waals surface area contributed by atoms with Crippen molar-refractivity contribution in [2.45, 2.75) is 43.3 Å². The number of pyridine rings is 2. The summed E-state index contributed by atoms with van der Waals surface area (Å²) in [5, 5.41) is 6.46. The predicted molar refractivity (Wildman–Crippen MR) is 119 cm³/mol. The summed E-state index contributed by atoms with van der Waals surface area (Å²) in [4.78, 5) is 19.7. The molecule has 1 aliphatic carbocycles. The fraction of sp³-hybridized carbons (Fsp3) is 0.391. The van der Waals surface area contributed by atoms with Gasteiger partial charge in [0.25, 0.3) is 5.92 Å². The number of anilines is 1. The van der Waals surface area contributed by atoms with Crippen LogP contribution < -0.4 is 10.6 Å². The third kappa shape index (κ3) is 3.95. The molecular formula is C23H20F5N7. The van der Waals surface area contributed by atoms with E-state index < -0.39 is 30.4 Å². The van der Waals surface area contributed by atoms with E-state index in [9.17, 15) is 22.0 Å². The van der Waals surface area contributed by atoms with Crippen LogP contribution in [0.5, 0.6) is 0 Å². The fourth-order valence-electron chi connectivity index (χ4n) is 4.59. The van der Waals surface area contributed by atoms with Gasteiger partial charge in [-0.1, -0.05) is 0 Å². The van der Waals surface area contributed by atoms with Crippen molar-refractivity contribution in [1.29, 1.82) is 0 Å². The molecule has 0 radical (unpaired) electrons. The summed E-state index contributed by atoms with van der Waals surface area (Å²) in [5.74, 6) is -2.42. The Morgan fingerprint density at radius 2 is 1.91 bits per heavy atom. The molecule has 5 heterocycles. The average Bonchev–Trinajstić information content (AvgIpc) is 3.56. The highest BCUT2D eigenvalue weighted by molar-refractivity contribution is 5.97. The highest BCUT2D eigenvalue weighted by atomic mass is 19.4. The minimum atomic E-state index is -4.58. The molecule has 0 aromatic carbocycles. The summed E-state index contributed by atoms with van der Waals surface area (Å²) in [6.45, 7) is -0.0269. The lowest BCUT2D eigenvalue weighted by molar-refractivity contribution is -0.140. The first kappa shape index (κ1) is 22.1. The summed E-state index contributed by atoms with van der Waals surface area (Å²) in [6, 6.07) is 1.31. The van der Waals surface area contributed by atoms with Crippen molar-refractivity contribution in [1.82, 2.24) is 30.2 Å². The van der Waals surface area contributed by atoms with Crippen molar-refractivity contribution in [2.24, 2.45) is 0 Å². The zero-order valence-electron chi connectivity index (χ0n) is 18.3. The maximum atomic E-state index is 14.7. The molecule has 0 bridgehead atoms. The number of alkyl halides is 5. The van der Waals surface area contributed by atoms with Crippen LogP contribution in [0.15, 0.2) is 30.7 Å². The summed E-state index contributed by atoms with van der Waals surface area (Å²) >= 11 is 0. The first-order valence-corrected chi connectivity index (χ1v) is 11.3. The molecule has 3 N–H and O–H groups in total. The largest absolute Gasteiger partial charge is 0.431 e. The van der Waals surface area contributed by atoms with Gasteiger partial charge in [0, 0.05) is 28.7 Å². The molecule has 1 saturated heterocycles. The Morgan fingerprint density at radius 1 is 1.09 bits per heavy atom. The number of hydrogen-bond acceptors (Lipinski definition) is 6. The van der Waals surface area contributed by atoms with Crippen LogP contribution in [-0.2, 0) is 6.18 Å². The quantitative estimate of drug-likeness (QED) is 0.354. The Kier molecular flexibility index (Phi) is 4.92. The number of hydrogen-bond donors (Lipinski definition) is 3. The van der Waals surface area contributed by atoms with E-state index in [-0.39, 0.29) is 35.0 Å². The smallest absolute Gasteiger partial charge is 0.361 e. The van der Waals surface area contributed by atoms with Crippen LogP contribution in [-0.4, -0.2) is 50.0 Å². The van der Waals surface area contributed by atoms with E-state index in [0.29, 0.717) is 23.0 Å². The second-order valence-electron chi connectivity index (χ2n) is 9.02. The lowest BCUT2D eigenvalue weighted by atomic mass is 10.0. The van der Waals surface area contributed by atoms with Crippen molar-refractivity contribution in [2.75, 3.05) is 18.4 Å². The molecule has 182 valence electrons.